The van der Waals surface area contributed by atoms with Gasteiger partial charge < -0.3 is 20.1 Å². The van der Waals surface area contributed by atoms with Gasteiger partial charge in [-0.1, -0.05) is 0 Å². The van der Waals surface area contributed by atoms with Crippen molar-refractivity contribution in [2.24, 2.45) is 4.99 Å². The van der Waals surface area contributed by atoms with E-state index in [4.69, 9.17) is 9.47 Å². The summed E-state index contributed by atoms with van der Waals surface area (Å²) < 4.78 is 10.6. The van der Waals surface area contributed by atoms with Gasteiger partial charge >= 0.3 is 0 Å². The van der Waals surface area contributed by atoms with Crippen molar-refractivity contribution in [1.82, 2.24) is 10.2 Å². The Kier molecular flexibility index (Phi) is 6.10. The number of hydrogen-bond donors (Lipinski definition) is 2. The molecule has 0 bridgehead atoms. The second-order valence-corrected chi connectivity index (χ2v) is 5.89. The molecule has 0 spiro atoms. The molecular weight excluding hydrogens is 292 g/mol. The van der Waals surface area contributed by atoms with Crippen molar-refractivity contribution >= 4 is 11.6 Å². The van der Waals surface area contributed by atoms with Crippen LogP contribution in [-0.4, -0.2) is 57.8 Å². The van der Waals surface area contributed by atoms with Gasteiger partial charge in [0.05, 0.1) is 14.2 Å². The molecule has 1 unspecified atom stereocenters. The van der Waals surface area contributed by atoms with Crippen LogP contribution < -0.4 is 20.1 Å². The molecule has 0 saturated heterocycles. The molecule has 128 valence electrons. The van der Waals surface area contributed by atoms with Crippen molar-refractivity contribution < 1.29 is 9.47 Å². The highest BCUT2D eigenvalue weighted by Crippen LogP contribution is 2.29. The van der Waals surface area contributed by atoms with E-state index in [2.05, 4.69) is 34.5 Å². The molecule has 0 heterocycles. The minimum absolute atomic E-state index is 0.464. The fourth-order valence-electron chi connectivity index (χ4n) is 2.46. The highest BCUT2D eigenvalue weighted by Gasteiger charge is 2.28. The van der Waals surface area contributed by atoms with Crippen LogP contribution in [0.5, 0.6) is 11.5 Å². The zero-order valence-corrected chi connectivity index (χ0v) is 14.7. The lowest BCUT2D eigenvalue weighted by molar-refractivity contribution is 0.248. The number of nitrogens with zero attached hydrogens (tertiary/aromatic N) is 2. The van der Waals surface area contributed by atoms with Gasteiger partial charge in [0.15, 0.2) is 17.5 Å². The van der Waals surface area contributed by atoms with Gasteiger partial charge in [-0.2, -0.15) is 0 Å². The number of rotatable bonds is 7. The first-order chi connectivity index (χ1) is 11.1. The van der Waals surface area contributed by atoms with E-state index in [1.165, 1.54) is 12.8 Å². The predicted octanol–water partition coefficient (Wildman–Crippen LogP) is 2.17. The average molecular weight is 320 g/mol. The summed E-state index contributed by atoms with van der Waals surface area (Å²) >= 11 is 0. The Morgan fingerprint density at radius 2 is 2.00 bits per heavy atom. The van der Waals surface area contributed by atoms with Crippen molar-refractivity contribution in [2.75, 3.05) is 40.2 Å². The topological polar surface area (TPSA) is 58.1 Å². The maximum absolute atomic E-state index is 5.32. The molecule has 2 N–H and O–H groups in total. The standard InChI is InChI=1S/C17H28N4O2/c1-12(21(3)14-7-8-14)11-19-17(18-2)20-13-6-9-15(22-4)16(10-13)23-5/h6,9-10,12,14H,7-8,11H2,1-5H3,(H2,18,19,20). The Bertz CT molecular complexity index is 543. The molecule has 0 radical (unpaired) electrons. The zero-order valence-electron chi connectivity index (χ0n) is 14.7. The molecule has 1 saturated carbocycles. The van der Waals surface area contributed by atoms with Crippen LogP contribution in [0.15, 0.2) is 23.2 Å². The first-order valence-electron chi connectivity index (χ1n) is 8.00. The number of nitrogens with one attached hydrogen (secondary N) is 2. The molecular formula is C17H28N4O2. The Hall–Kier alpha value is -1.95. The predicted molar refractivity (Wildman–Crippen MR) is 94.8 cm³/mol. The van der Waals surface area contributed by atoms with E-state index in [9.17, 15) is 0 Å². The van der Waals surface area contributed by atoms with E-state index in [0.717, 1.165) is 24.2 Å². The number of guanidine groups is 1. The number of aliphatic imine (C=N–C) groups is 1. The SMILES string of the molecule is CN=C(NCC(C)N(C)C1CC1)Nc1ccc(OC)c(OC)c1. The summed E-state index contributed by atoms with van der Waals surface area (Å²) in [5.74, 6) is 2.14. The molecule has 1 atom stereocenters. The van der Waals surface area contributed by atoms with Crippen LogP contribution in [0.4, 0.5) is 5.69 Å². The summed E-state index contributed by atoms with van der Waals surface area (Å²) in [6.45, 7) is 3.08. The molecule has 1 fully saturated rings. The second kappa shape index (κ2) is 8.06. The summed E-state index contributed by atoms with van der Waals surface area (Å²) in [6.07, 6.45) is 2.64. The molecule has 1 aliphatic carbocycles. The molecule has 23 heavy (non-hydrogen) atoms. The molecule has 0 aliphatic heterocycles. The van der Waals surface area contributed by atoms with Crippen molar-refractivity contribution in [3.05, 3.63) is 18.2 Å². The van der Waals surface area contributed by atoms with Gasteiger partial charge in [-0.15, -0.1) is 0 Å². The third kappa shape index (κ3) is 4.76. The van der Waals surface area contributed by atoms with Crippen LogP contribution in [0.25, 0.3) is 0 Å². The highest BCUT2D eigenvalue weighted by atomic mass is 16.5. The first kappa shape index (κ1) is 17.4. The van der Waals surface area contributed by atoms with Crippen molar-refractivity contribution in [1.29, 1.82) is 0 Å². The zero-order chi connectivity index (χ0) is 16.8. The molecule has 2 rings (SSSR count). The lowest BCUT2D eigenvalue weighted by Gasteiger charge is -2.25. The van der Waals surface area contributed by atoms with E-state index in [0.29, 0.717) is 17.5 Å². The van der Waals surface area contributed by atoms with Gasteiger partial charge in [0.2, 0.25) is 0 Å². The average Bonchev–Trinajstić information content (AvgIpc) is 3.42. The van der Waals surface area contributed by atoms with Crippen LogP contribution in [0.2, 0.25) is 0 Å². The Morgan fingerprint density at radius 1 is 1.30 bits per heavy atom. The number of ether oxygens (including phenoxy) is 2. The van der Waals surface area contributed by atoms with Crippen LogP contribution in [0.1, 0.15) is 19.8 Å². The summed E-state index contributed by atoms with van der Waals surface area (Å²) in [6, 6.07) is 6.93. The van der Waals surface area contributed by atoms with Crippen LogP contribution in [0.3, 0.4) is 0 Å². The highest BCUT2D eigenvalue weighted by molar-refractivity contribution is 5.93. The summed E-state index contributed by atoms with van der Waals surface area (Å²) in [7, 11) is 7.22. The smallest absolute Gasteiger partial charge is 0.195 e. The fraction of sp³-hybridized carbons (Fsp3) is 0.588. The summed E-state index contributed by atoms with van der Waals surface area (Å²) in [5.41, 5.74) is 0.902. The number of anilines is 1. The molecule has 1 aromatic carbocycles. The van der Waals surface area contributed by atoms with Gasteiger partial charge in [0.25, 0.3) is 0 Å². The van der Waals surface area contributed by atoms with Gasteiger partial charge in [-0.05, 0) is 38.9 Å². The Labute approximate surface area is 138 Å². The van der Waals surface area contributed by atoms with E-state index in [1.807, 2.05) is 18.2 Å². The van der Waals surface area contributed by atoms with E-state index < -0.39 is 0 Å². The summed E-state index contributed by atoms with van der Waals surface area (Å²) in [4.78, 5) is 6.70. The molecule has 0 amide bonds. The van der Waals surface area contributed by atoms with Gasteiger partial charge in [-0.3, -0.25) is 9.89 Å². The third-order valence-electron chi connectivity index (χ3n) is 4.25. The molecule has 6 heteroatoms. The number of methoxy groups -OCH3 is 2. The minimum atomic E-state index is 0.464. The number of benzene rings is 1. The van der Waals surface area contributed by atoms with Gasteiger partial charge in [0, 0.05) is 37.4 Å². The fourth-order valence-corrected chi connectivity index (χ4v) is 2.46. The quantitative estimate of drug-likeness (QED) is 0.596. The maximum Gasteiger partial charge on any atom is 0.195 e. The monoisotopic (exact) mass is 320 g/mol. The van der Waals surface area contributed by atoms with E-state index >= 15 is 0 Å². The second-order valence-electron chi connectivity index (χ2n) is 5.89. The normalized spacial score (nSPS) is 16.2. The molecule has 6 nitrogen and oxygen atoms in total. The lowest BCUT2D eigenvalue weighted by Crippen LogP contribution is -2.43. The maximum atomic E-state index is 5.32. The van der Waals surface area contributed by atoms with E-state index in [1.54, 1.807) is 21.3 Å². The summed E-state index contributed by atoms with van der Waals surface area (Å²) in [5, 5.41) is 6.65. The van der Waals surface area contributed by atoms with Crippen LogP contribution >= 0.6 is 0 Å². The lowest BCUT2D eigenvalue weighted by atomic mass is 10.2. The van der Waals surface area contributed by atoms with Crippen molar-refractivity contribution in [2.45, 2.75) is 31.8 Å². The van der Waals surface area contributed by atoms with Crippen molar-refractivity contribution in [3.63, 3.8) is 0 Å². The molecule has 1 aliphatic rings. The van der Waals surface area contributed by atoms with Crippen LogP contribution in [0, 0.1) is 0 Å². The number of hydrogen-bond acceptors (Lipinski definition) is 4. The molecule has 1 aromatic rings. The Balaban J connectivity index is 1.91. The van der Waals surface area contributed by atoms with Crippen molar-refractivity contribution in [3.8, 4) is 11.5 Å². The largest absolute Gasteiger partial charge is 0.493 e. The first-order valence-corrected chi connectivity index (χ1v) is 8.00. The van der Waals surface area contributed by atoms with E-state index in [-0.39, 0.29) is 0 Å². The minimum Gasteiger partial charge on any atom is -0.493 e. The van der Waals surface area contributed by atoms with Gasteiger partial charge in [0.1, 0.15) is 0 Å². The van der Waals surface area contributed by atoms with Crippen LogP contribution in [-0.2, 0) is 0 Å². The molecule has 0 aromatic heterocycles. The Morgan fingerprint density at radius 3 is 2.57 bits per heavy atom. The third-order valence-corrected chi connectivity index (χ3v) is 4.25. The van der Waals surface area contributed by atoms with Gasteiger partial charge in [-0.25, -0.2) is 0 Å². The number of likely N-dealkylation sites (N-methyl/N-ethyl adjacent to an activating group) is 1.